The topological polar surface area (TPSA) is 111 Å². The Bertz CT molecular complexity index is 1340. The molecule has 1 spiro atoms. The number of carbonyl (C=O) groups excluding carboxylic acids is 2. The molecule has 0 aromatic heterocycles. The summed E-state index contributed by atoms with van der Waals surface area (Å²) >= 11 is 0. The van der Waals surface area contributed by atoms with E-state index in [-0.39, 0.29) is 34.3 Å². The first-order chi connectivity index (χ1) is 19.8. The fourth-order valence-corrected chi connectivity index (χ4v) is 7.16. The number of rotatable bonds is 4. The number of fused-ring (bicyclic) bond motifs is 2. The fraction of sp³-hybridized carbons (Fsp3) is 0.548. The van der Waals surface area contributed by atoms with Crippen LogP contribution in [-0.2, 0) is 25.8 Å². The monoisotopic (exact) mass is 584 g/mol. The molecule has 2 aromatic carbocycles. The van der Waals surface area contributed by atoms with E-state index in [0.717, 1.165) is 44.3 Å². The second-order valence-electron chi connectivity index (χ2n) is 11.3. The Morgan fingerprint density at radius 1 is 0.854 bits per heavy atom. The first-order valence-corrected chi connectivity index (χ1v) is 16.4. The number of nitrogens with one attached hydrogen (secondary N) is 1. The predicted octanol–water partition coefficient (Wildman–Crippen LogP) is 3.93. The maximum absolute atomic E-state index is 13.1. The van der Waals surface area contributed by atoms with Crippen LogP contribution in [-0.4, -0.2) is 70.3 Å². The van der Waals surface area contributed by atoms with Gasteiger partial charge in [-0.2, -0.15) is 0 Å². The van der Waals surface area contributed by atoms with Crippen molar-refractivity contribution in [3.63, 3.8) is 0 Å². The van der Waals surface area contributed by atoms with Gasteiger partial charge in [-0.15, -0.1) is 0 Å². The Balaban J connectivity index is 1.16. The van der Waals surface area contributed by atoms with Gasteiger partial charge >= 0.3 is 0 Å². The number of sulfone groups is 1. The molecule has 5 rings (SSSR count). The molecule has 41 heavy (non-hydrogen) atoms. The summed E-state index contributed by atoms with van der Waals surface area (Å²) in [5.74, 6) is 1.47. The van der Waals surface area contributed by atoms with Crippen molar-refractivity contribution in [1.82, 2.24) is 10.2 Å². The van der Waals surface area contributed by atoms with Crippen LogP contribution in [0.1, 0.15) is 56.9 Å². The van der Waals surface area contributed by atoms with Gasteiger partial charge in [-0.25, -0.2) is 8.42 Å². The number of ether oxygens (including phenoxy) is 3. The number of likely N-dealkylation sites (tertiary alicyclic amines) is 1. The molecule has 222 valence electrons. The second kappa shape index (κ2) is 13.1. The largest absolute Gasteiger partial charge is 0.493 e. The molecule has 1 saturated heterocycles. The second-order valence-corrected chi connectivity index (χ2v) is 13.4. The van der Waals surface area contributed by atoms with Crippen LogP contribution in [0, 0.1) is 5.41 Å². The molecule has 2 amide bonds. The summed E-state index contributed by atoms with van der Waals surface area (Å²) in [7, 11) is -3.65. The van der Waals surface area contributed by atoms with Crippen molar-refractivity contribution in [1.29, 1.82) is 0 Å². The van der Waals surface area contributed by atoms with Gasteiger partial charge in [0.1, 0.15) is 19.0 Å². The summed E-state index contributed by atoms with van der Waals surface area (Å²) in [6, 6.07) is 12.7. The highest BCUT2D eigenvalue weighted by molar-refractivity contribution is 7.91. The lowest BCUT2D eigenvalue weighted by Crippen LogP contribution is -2.48. The lowest BCUT2D eigenvalue weighted by atomic mass is 9.74. The molecule has 1 N–H and O–H groups in total. The molecule has 0 saturated carbocycles. The third kappa shape index (κ3) is 7.52. The lowest BCUT2D eigenvalue weighted by molar-refractivity contribution is -0.133. The minimum atomic E-state index is -3.65. The van der Waals surface area contributed by atoms with E-state index in [2.05, 4.69) is 11.4 Å². The van der Waals surface area contributed by atoms with Crippen molar-refractivity contribution >= 4 is 21.7 Å². The molecule has 0 unspecified atom stereocenters. The van der Waals surface area contributed by atoms with E-state index < -0.39 is 9.84 Å². The highest BCUT2D eigenvalue weighted by Gasteiger charge is 2.36. The number of hydrogen-bond donors (Lipinski definition) is 1. The van der Waals surface area contributed by atoms with Gasteiger partial charge in [0.15, 0.2) is 21.3 Å². The first kappa shape index (κ1) is 29.2. The smallest absolute Gasteiger partial charge is 0.223 e. The number of aryl methyl sites for hydroxylation is 1. The van der Waals surface area contributed by atoms with Crippen molar-refractivity contribution in [3.05, 3.63) is 48.0 Å². The molecule has 0 aliphatic carbocycles. The van der Waals surface area contributed by atoms with Crippen molar-refractivity contribution in [3.8, 4) is 17.2 Å². The number of benzene rings is 2. The molecule has 1 fully saturated rings. The highest BCUT2D eigenvalue weighted by atomic mass is 32.2. The molecule has 0 radical (unpaired) electrons. The van der Waals surface area contributed by atoms with Gasteiger partial charge in [0.2, 0.25) is 11.8 Å². The first-order valence-electron chi connectivity index (χ1n) is 14.7. The van der Waals surface area contributed by atoms with Crippen LogP contribution in [0.5, 0.6) is 17.2 Å². The molecule has 9 nitrogen and oxygen atoms in total. The molecule has 10 heteroatoms. The lowest BCUT2D eigenvalue weighted by Gasteiger charge is -2.42. The van der Waals surface area contributed by atoms with E-state index in [1.807, 2.05) is 18.2 Å². The molecule has 3 aliphatic rings. The molecule has 2 aromatic rings. The van der Waals surface area contributed by atoms with Gasteiger partial charge in [0.25, 0.3) is 0 Å². The van der Waals surface area contributed by atoms with Crippen molar-refractivity contribution < 1.29 is 32.2 Å². The number of nitrogens with zero attached hydrogens (tertiary/aromatic N) is 1. The third-order valence-electron chi connectivity index (χ3n) is 8.48. The molecule has 3 aliphatic heterocycles. The van der Waals surface area contributed by atoms with Gasteiger partial charge in [-0.3, -0.25) is 9.59 Å². The Labute approximate surface area is 242 Å². The van der Waals surface area contributed by atoms with Gasteiger partial charge in [-0.1, -0.05) is 24.6 Å². The Kier molecular flexibility index (Phi) is 9.37. The maximum atomic E-state index is 13.1. The van der Waals surface area contributed by atoms with E-state index in [9.17, 15) is 18.0 Å². The van der Waals surface area contributed by atoms with E-state index in [1.165, 1.54) is 17.7 Å². The average molecular weight is 585 g/mol. The summed E-state index contributed by atoms with van der Waals surface area (Å²) < 4.78 is 42.9. The predicted molar refractivity (Wildman–Crippen MR) is 154 cm³/mol. The number of piperidine rings is 1. The van der Waals surface area contributed by atoms with Crippen LogP contribution in [0.15, 0.2) is 47.4 Å². The number of carbonyl (C=O) groups is 2. The van der Waals surface area contributed by atoms with E-state index in [4.69, 9.17) is 14.2 Å². The van der Waals surface area contributed by atoms with Gasteiger partial charge < -0.3 is 24.4 Å². The highest BCUT2D eigenvalue weighted by Crippen LogP contribution is 2.37. The molecule has 3 heterocycles. The minimum absolute atomic E-state index is 0.0289. The van der Waals surface area contributed by atoms with Crippen LogP contribution in [0.25, 0.3) is 0 Å². The Hall–Kier alpha value is -3.27. The zero-order chi connectivity index (χ0) is 28.7. The molecule has 0 atom stereocenters. The summed E-state index contributed by atoms with van der Waals surface area (Å²) in [4.78, 5) is 27.6. The summed E-state index contributed by atoms with van der Waals surface area (Å²) in [6.07, 6.45) is 6.54. The van der Waals surface area contributed by atoms with Crippen LogP contribution >= 0.6 is 0 Å². The zero-order valence-corrected chi connectivity index (χ0v) is 24.4. The number of para-hydroxylation sites is 1. The van der Waals surface area contributed by atoms with E-state index in [1.54, 1.807) is 11.0 Å². The zero-order valence-electron chi connectivity index (χ0n) is 23.6. The Morgan fingerprint density at radius 2 is 1.61 bits per heavy atom. The quantitative estimate of drug-likeness (QED) is 0.580. The van der Waals surface area contributed by atoms with Crippen LogP contribution in [0.2, 0.25) is 0 Å². The van der Waals surface area contributed by atoms with E-state index in [0.29, 0.717) is 63.8 Å². The van der Waals surface area contributed by atoms with Crippen molar-refractivity contribution in [2.75, 3.05) is 45.2 Å². The minimum Gasteiger partial charge on any atom is -0.493 e. The van der Waals surface area contributed by atoms with Crippen LogP contribution in [0.4, 0.5) is 0 Å². The fourth-order valence-electron chi connectivity index (χ4n) is 5.92. The summed E-state index contributed by atoms with van der Waals surface area (Å²) in [5.41, 5.74) is 1.14. The van der Waals surface area contributed by atoms with Crippen molar-refractivity contribution in [2.24, 2.45) is 5.41 Å². The van der Waals surface area contributed by atoms with E-state index >= 15 is 0 Å². The average Bonchev–Trinajstić information content (AvgIpc) is 2.99. The van der Waals surface area contributed by atoms with Gasteiger partial charge in [0, 0.05) is 38.5 Å². The third-order valence-corrected chi connectivity index (χ3v) is 10.2. The van der Waals surface area contributed by atoms with Crippen LogP contribution in [0.3, 0.4) is 0 Å². The number of hydrogen-bond acceptors (Lipinski definition) is 7. The van der Waals surface area contributed by atoms with Crippen LogP contribution < -0.4 is 19.5 Å². The van der Waals surface area contributed by atoms with Gasteiger partial charge in [0.05, 0.1) is 17.3 Å². The summed E-state index contributed by atoms with van der Waals surface area (Å²) in [5, 5.41) is 3.15. The SMILES string of the molecule is O=C1CCCOc2ccccc2CCCCC2(CCN(C(=O)CCS(=O)(=O)c3ccc4c(c3)OCCO4)CC2)CN1. The Morgan fingerprint density at radius 3 is 2.44 bits per heavy atom. The molecular formula is C31H40N2O7S. The maximum Gasteiger partial charge on any atom is 0.223 e. The van der Waals surface area contributed by atoms with Crippen molar-refractivity contribution in [2.45, 2.75) is 62.7 Å². The molecular weight excluding hydrogens is 544 g/mol. The summed E-state index contributed by atoms with van der Waals surface area (Å²) in [6.45, 7) is 3.05. The van der Waals surface area contributed by atoms with Gasteiger partial charge in [-0.05, 0) is 67.7 Å². The normalized spacial score (nSPS) is 19.8. The molecule has 0 bridgehead atoms. The standard InChI is InChI=1S/C31H40N2O7S/c34-29-9-5-18-38-26-8-2-1-6-24(26)7-3-4-13-31(23-32-29)14-16-33(17-15-31)30(35)12-21-41(36,37)25-10-11-27-28(22-25)40-20-19-39-27/h1-2,6,8,10-11,22H,3-5,7,9,12-21,23H2,(H,32,34). The number of amides is 2.